The Morgan fingerprint density at radius 1 is 0.534 bits per heavy atom. The van der Waals surface area contributed by atoms with Crippen molar-refractivity contribution in [2.24, 2.45) is 0 Å². The van der Waals surface area contributed by atoms with Crippen LogP contribution in [0.2, 0.25) is 0 Å². The molecule has 2 aliphatic heterocycles. The van der Waals surface area contributed by atoms with E-state index in [-0.39, 0.29) is 6.85 Å². The quantitative estimate of drug-likeness (QED) is 0.105. The molecule has 0 aliphatic carbocycles. The van der Waals surface area contributed by atoms with Gasteiger partial charge in [0.1, 0.15) is 0 Å². The van der Waals surface area contributed by atoms with Gasteiger partial charge in [-0.1, -0.05) is 137 Å². The van der Waals surface area contributed by atoms with Gasteiger partial charge in [-0.25, -0.2) is 0 Å². The minimum absolute atomic E-state index is 0.00224. The van der Waals surface area contributed by atoms with Crippen molar-refractivity contribution in [1.29, 1.82) is 0 Å². The predicted molar refractivity (Wildman–Crippen MR) is 254 cm³/mol. The van der Waals surface area contributed by atoms with E-state index in [2.05, 4.69) is 163 Å². The molecule has 0 saturated carbocycles. The molecule has 12 rings (SSSR count). The Balaban J connectivity index is 1.24. The molecule has 0 fully saturated rings. The van der Waals surface area contributed by atoms with Crippen molar-refractivity contribution in [2.45, 2.75) is 65.2 Å². The molecule has 4 heterocycles. The van der Waals surface area contributed by atoms with Crippen LogP contribution in [0.15, 0.2) is 140 Å². The summed E-state index contributed by atoms with van der Waals surface area (Å²) in [5.74, 6) is 0. The Hall–Kier alpha value is -5.84. The Labute approximate surface area is 344 Å². The number of aromatic nitrogens is 1. The number of benzene rings is 8. The van der Waals surface area contributed by atoms with Crippen molar-refractivity contribution in [2.75, 3.05) is 4.81 Å². The lowest BCUT2D eigenvalue weighted by Gasteiger charge is -2.42. The van der Waals surface area contributed by atoms with E-state index >= 15 is 0 Å². The third-order valence-electron chi connectivity index (χ3n) is 13.4. The first-order valence-electron chi connectivity index (χ1n) is 21.6. The van der Waals surface area contributed by atoms with Crippen LogP contribution >= 0.6 is 11.3 Å². The summed E-state index contributed by atoms with van der Waals surface area (Å²) in [6.07, 6.45) is 9.67. The zero-order chi connectivity index (χ0) is 38.5. The second-order valence-electron chi connectivity index (χ2n) is 16.8. The summed E-state index contributed by atoms with van der Waals surface area (Å²) < 4.78 is 5.32. The van der Waals surface area contributed by atoms with Crippen LogP contribution in [0.5, 0.6) is 0 Å². The van der Waals surface area contributed by atoms with Crippen LogP contribution in [0.25, 0.3) is 80.3 Å². The Bertz CT molecular complexity index is 3280. The van der Waals surface area contributed by atoms with Gasteiger partial charge >= 0.3 is 6.85 Å². The predicted octanol–water partition coefficient (Wildman–Crippen LogP) is 14.2. The summed E-state index contributed by atoms with van der Waals surface area (Å²) in [5, 5.41) is 10.7. The van der Waals surface area contributed by atoms with Crippen LogP contribution in [0.3, 0.4) is 0 Å². The summed E-state index contributed by atoms with van der Waals surface area (Å²) in [4.78, 5) is 2.74. The lowest BCUT2D eigenvalue weighted by Crippen LogP contribution is -2.60. The van der Waals surface area contributed by atoms with Gasteiger partial charge in [0, 0.05) is 53.6 Å². The summed E-state index contributed by atoms with van der Waals surface area (Å²) in [6.45, 7) is 4.60. The van der Waals surface area contributed by atoms with Gasteiger partial charge in [0.05, 0.1) is 11.0 Å². The van der Waals surface area contributed by atoms with Crippen molar-refractivity contribution >= 4 is 104 Å². The molecule has 280 valence electrons. The van der Waals surface area contributed by atoms with Crippen LogP contribution in [0.4, 0.5) is 11.4 Å². The van der Waals surface area contributed by atoms with Gasteiger partial charge in [-0.05, 0) is 117 Å². The highest BCUT2D eigenvalue weighted by molar-refractivity contribution is 7.26. The number of anilines is 2. The fraction of sp³-hybridized carbons (Fsp3) is 0.185. The molecule has 58 heavy (non-hydrogen) atoms. The molecule has 2 nitrogen and oxygen atoms in total. The number of para-hydroxylation sites is 1. The average Bonchev–Trinajstić information content (AvgIpc) is 3.82. The Morgan fingerprint density at radius 2 is 1.24 bits per heavy atom. The van der Waals surface area contributed by atoms with E-state index in [1.165, 1.54) is 152 Å². The maximum atomic E-state index is 2.74. The zero-order valence-corrected chi connectivity index (χ0v) is 34.1. The maximum absolute atomic E-state index is 2.74. The Morgan fingerprint density at radius 3 is 2.05 bits per heavy atom. The molecular formula is C54H45BN2S. The minimum Gasteiger partial charge on any atom is -0.376 e. The lowest BCUT2D eigenvalue weighted by atomic mass is 9.43. The third-order valence-corrected chi connectivity index (χ3v) is 14.5. The lowest BCUT2D eigenvalue weighted by molar-refractivity contribution is 0.717. The molecule has 0 bridgehead atoms. The molecule has 2 aliphatic rings. The fourth-order valence-corrected chi connectivity index (χ4v) is 11.9. The molecule has 0 radical (unpaired) electrons. The van der Waals surface area contributed by atoms with E-state index in [0.29, 0.717) is 0 Å². The minimum atomic E-state index is -0.00224. The van der Waals surface area contributed by atoms with Gasteiger partial charge in [0.15, 0.2) is 0 Å². The van der Waals surface area contributed by atoms with Gasteiger partial charge in [-0.2, -0.15) is 0 Å². The fourth-order valence-electron chi connectivity index (χ4n) is 10.8. The molecule has 0 spiro atoms. The maximum Gasteiger partial charge on any atom is 0.333 e. The van der Waals surface area contributed by atoms with Crippen molar-refractivity contribution in [3.8, 4) is 16.8 Å². The molecule has 4 heteroatoms. The largest absolute Gasteiger partial charge is 0.376 e. The van der Waals surface area contributed by atoms with Crippen molar-refractivity contribution in [3.63, 3.8) is 0 Å². The number of rotatable bonds is 9. The monoisotopic (exact) mass is 764 g/mol. The number of nitrogens with zero attached hydrogens (tertiary/aromatic N) is 2. The molecule has 0 atom stereocenters. The average molecular weight is 765 g/mol. The number of aryl methyl sites for hydroxylation is 2. The molecule has 0 amide bonds. The van der Waals surface area contributed by atoms with E-state index in [9.17, 15) is 0 Å². The van der Waals surface area contributed by atoms with E-state index in [0.717, 1.165) is 12.8 Å². The van der Waals surface area contributed by atoms with Crippen LogP contribution in [0, 0.1) is 0 Å². The van der Waals surface area contributed by atoms with Crippen molar-refractivity contribution in [3.05, 3.63) is 151 Å². The van der Waals surface area contributed by atoms with Gasteiger partial charge in [0.25, 0.3) is 0 Å². The molecule has 8 aromatic carbocycles. The summed E-state index contributed by atoms with van der Waals surface area (Å²) >= 11 is 1.94. The number of hydrogen-bond donors (Lipinski definition) is 0. The SMILES string of the molecule is CCCCCc1ccc(N2B3c4cc(CCCCC)ccc4-n4c5ccccc5c5c6ccccc6c(c3c54)-c3cc4sc5ccc6ccccc6c5c4cc32)cc1. The van der Waals surface area contributed by atoms with Crippen LogP contribution in [-0.4, -0.2) is 11.4 Å². The van der Waals surface area contributed by atoms with E-state index in [1.54, 1.807) is 0 Å². The Kier molecular flexibility index (Phi) is 7.89. The third kappa shape index (κ3) is 4.91. The number of unbranched alkanes of at least 4 members (excludes halogenated alkanes) is 4. The van der Waals surface area contributed by atoms with E-state index < -0.39 is 0 Å². The zero-order valence-electron chi connectivity index (χ0n) is 33.3. The highest BCUT2D eigenvalue weighted by atomic mass is 32.1. The molecule has 0 saturated heterocycles. The standard InChI is InChI=1S/C54H45BN2S/c1-3-5-7-15-34-23-27-37(28-24-34)57-47-32-43-49(58-48-30-26-36-17-9-10-18-38(36)50(43)48)33-42(47)51-39-19-11-12-20-40(39)52-41-21-13-14-22-45(41)56-46-29-25-35(16-8-6-4-2)31-44(46)55(57)53(51)54(52)56/h9-14,17-33H,3-8,15-16H2,1-2H3. The molecule has 0 unspecified atom stereocenters. The molecule has 2 aromatic heterocycles. The van der Waals surface area contributed by atoms with Crippen LogP contribution in [0.1, 0.15) is 63.5 Å². The van der Waals surface area contributed by atoms with Crippen molar-refractivity contribution in [1.82, 2.24) is 4.57 Å². The number of thiophene rings is 1. The van der Waals surface area contributed by atoms with Crippen molar-refractivity contribution < 1.29 is 0 Å². The van der Waals surface area contributed by atoms with Crippen LogP contribution in [-0.2, 0) is 12.8 Å². The summed E-state index contributed by atoms with van der Waals surface area (Å²) in [6, 6.07) is 54.2. The molecule has 0 N–H and O–H groups in total. The summed E-state index contributed by atoms with van der Waals surface area (Å²) in [7, 11) is 0. The topological polar surface area (TPSA) is 8.17 Å². The highest BCUT2D eigenvalue weighted by Gasteiger charge is 2.45. The smallest absolute Gasteiger partial charge is 0.333 e. The second-order valence-corrected chi connectivity index (χ2v) is 17.9. The van der Waals surface area contributed by atoms with Crippen LogP contribution < -0.4 is 15.7 Å². The van der Waals surface area contributed by atoms with Gasteiger partial charge in [0.2, 0.25) is 0 Å². The molecular weight excluding hydrogens is 719 g/mol. The number of hydrogen-bond acceptors (Lipinski definition) is 2. The second kappa shape index (κ2) is 13.4. The first-order chi connectivity index (χ1) is 28.7. The van der Waals surface area contributed by atoms with E-state index in [1.807, 2.05) is 11.3 Å². The van der Waals surface area contributed by atoms with Gasteiger partial charge in [-0.3, -0.25) is 0 Å². The van der Waals surface area contributed by atoms with Gasteiger partial charge in [-0.15, -0.1) is 11.3 Å². The number of fused-ring (bicyclic) bond motifs is 16. The highest BCUT2D eigenvalue weighted by Crippen LogP contribution is 2.51. The van der Waals surface area contributed by atoms with E-state index in [4.69, 9.17) is 0 Å². The molecule has 10 aromatic rings. The summed E-state index contributed by atoms with van der Waals surface area (Å²) in [5.41, 5.74) is 14.9. The van der Waals surface area contributed by atoms with Gasteiger partial charge < -0.3 is 9.38 Å². The first-order valence-corrected chi connectivity index (χ1v) is 22.4. The normalized spacial score (nSPS) is 13.1. The first kappa shape index (κ1) is 34.2.